The fraction of sp³-hybridized carbons (Fsp3) is 0.222. The second kappa shape index (κ2) is 4.66. The molecule has 0 saturated heterocycles. The summed E-state index contributed by atoms with van der Waals surface area (Å²) < 4.78 is 0.748. The highest BCUT2D eigenvalue weighted by Gasteiger charge is 2.11. The zero-order valence-electron chi connectivity index (χ0n) is 7.55. The van der Waals surface area contributed by atoms with Crippen molar-refractivity contribution in [1.29, 1.82) is 0 Å². The quantitative estimate of drug-likeness (QED) is 0.645. The molecule has 1 aromatic carbocycles. The van der Waals surface area contributed by atoms with Gasteiger partial charge in [-0.3, -0.25) is 4.79 Å². The number of anilines is 2. The first kappa shape index (κ1) is 11.3. The highest BCUT2D eigenvalue weighted by Crippen LogP contribution is 2.27. The summed E-state index contributed by atoms with van der Waals surface area (Å²) in [5.41, 5.74) is 6.79. The van der Waals surface area contributed by atoms with Crippen molar-refractivity contribution in [3.8, 4) is 0 Å². The summed E-state index contributed by atoms with van der Waals surface area (Å²) in [6.07, 6.45) is 0. The highest BCUT2D eigenvalue weighted by atomic mass is 79.9. The standard InChI is InChI=1S/C9H10BrClN2O/c1-5(11)9(14)13-7-4-2-3-6(10)8(7)12/h2-5H,12H2,1H3,(H,13,14)/t5-/m1/s1. The van der Waals surface area contributed by atoms with Crippen LogP contribution in [0.25, 0.3) is 0 Å². The highest BCUT2D eigenvalue weighted by molar-refractivity contribution is 9.10. The largest absolute Gasteiger partial charge is 0.396 e. The van der Waals surface area contributed by atoms with Gasteiger partial charge in [-0.1, -0.05) is 6.07 Å². The normalized spacial score (nSPS) is 12.2. The van der Waals surface area contributed by atoms with Crippen molar-refractivity contribution >= 4 is 44.8 Å². The first-order valence-electron chi connectivity index (χ1n) is 4.01. The van der Waals surface area contributed by atoms with Crippen LogP contribution in [0.1, 0.15) is 6.92 Å². The van der Waals surface area contributed by atoms with E-state index < -0.39 is 5.38 Å². The smallest absolute Gasteiger partial charge is 0.242 e. The van der Waals surface area contributed by atoms with Crippen molar-refractivity contribution in [1.82, 2.24) is 0 Å². The summed E-state index contributed by atoms with van der Waals surface area (Å²) in [5, 5.41) is 2.05. The third-order valence-corrected chi connectivity index (χ3v) is 2.56. The van der Waals surface area contributed by atoms with Gasteiger partial charge < -0.3 is 11.1 Å². The fourth-order valence-electron chi connectivity index (χ4n) is 0.878. The van der Waals surface area contributed by atoms with Crippen LogP contribution in [-0.2, 0) is 4.79 Å². The second-order valence-electron chi connectivity index (χ2n) is 2.81. The minimum absolute atomic E-state index is 0.267. The van der Waals surface area contributed by atoms with Crippen molar-refractivity contribution in [3.05, 3.63) is 22.7 Å². The van der Waals surface area contributed by atoms with E-state index in [2.05, 4.69) is 21.2 Å². The SMILES string of the molecule is C[C@@H](Cl)C(=O)Nc1cccc(Br)c1N. The second-order valence-corrected chi connectivity index (χ2v) is 4.32. The number of nitrogens with one attached hydrogen (secondary N) is 1. The maximum Gasteiger partial charge on any atom is 0.242 e. The molecule has 0 spiro atoms. The maximum atomic E-state index is 11.3. The molecule has 76 valence electrons. The van der Waals surface area contributed by atoms with Crippen LogP contribution in [0.4, 0.5) is 11.4 Å². The molecular formula is C9H10BrClN2O. The summed E-state index contributed by atoms with van der Waals surface area (Å²) in [7, 11) is 0. The number of nitrogen functional groups attached to an aromatic ring is 1. The predicted octanol–water partition coefficient (Wildman–Crippen LogP) is 2.60. The molecule has 0 aromatic heterocycles. The van der Waals surface area contributed by atoms with Crippen LogP contribution >= 0.6 is 27.5 Å². The summed E-state index contributed by atoms with van der Waals surface area (Å²) in [4.78, 5) is 11.3. The Morgan fingerprint density at radius 2 is 2.29 bits per heavy atom. The van der Waals surface area contributed by atoms with Crippen molar-refractivity contribution in [2.45, 2.75) is 12.3 Å². The van der Waals surface area contributed by atoms with Gasteiger partial charge in [0.25, 0.3) is 0 Å². The Balaban J connectivity index is 2.87. The lowest BCUT2D eigenvalue weighted by molar-refractivity contribution is -0.115. The van der Waals surface area contributed by atoms with Crippen LogP contribution in [0.2, 0.25) is 0 Å². The van der Waals surface area contributed by atoms with E-state index in [4.69, 9.17) is 17.3 Å². The molecular weight excluding hydrogens is 267 g/mol. The lowest BCUT2D eigenvalue weighted by atomic mass is 10.2. The number of nitrogens with two attached hydrogens (primary N) is 1. The molecule has 3 nitrogen and oxygen atoms in total. The molecule has 1 aromatic rings. The van der Waals surface area contributed by atoms with Crippen LogP contribution in [0.5, 0.6) is 0 Å². The van der Waals surface area contributed by atoms with E-state index in [0.717, 1.165) is 4.47 Å². The number of alkyl halides is 1. The average molecular weight is 278 g/mol. The maximum absolute atomic E-state index is 11.3. The first-order valence-corrected chi connectivity index (χ1v) is 5.24. The van der Waals surface area contributed by atoms with E-state index in [0.29, 0.717) is 11.4 Å². The van der Waals surface area contributed by atoms with Crippen LogP contribution in [0.3, 0.4) is 0 Å². The third kappa shape index (κ3) is 2.62. The number of halogens is 2. The van der Waals surface area contributed by atoms with Crippen molar-refractivity contribution < 1.29 is 4.79 Å². The Morgan fingerprint density at radius 1 is 1.64 bits per heavy atom. The van der Waals surface area contributed by atoms with E-state index in [1.54, 1.807) is 25.1 Å². The molecule has 0 aliphatic carbocycles. The number of hydrogen-bond acceptors (Lipinski definition) is 2. The fourth-order valence-corrected chi connectivity index (χ4v) is 1.30. The topological polar surface area (TPSA) is 55.1 Å². The molecule has 0 bridgehead atoms. The molecule has 0 saturated carbocycles. The molecule has 1 amide bonds. The third-order valence-electron chi connectivity index (χ3n) is 1.67. The van der Waals surface area contributed by atoms with E-state index in [9.17, 15) is 4.79 Å². The van der Waals surface area contributed by atoms with Gasteiger partial charge in [-0.15, -0.1) is 11.6 Å². The van der Waals surface area contributed by atoms with Crippen molar-refractivity contribution in [2.75, 3.05) is 11.1 Å². The Labute approximate surface area is 95.7 Å². The zero-order chi connectivity index (χ0) is 10.7. The monoisotopic (exact) mass is 276 g/mol. The first-order chi connectivity index (χ1) is 6.52. The lowest BCUT2D eigenvalue weighted by Crippen LogP contribution is -2.20. The minimum atomic E-state index is -0.576. The van der Waals surface area contributed by atoms with Crippen LogP contribution in [0, 0.1) is 0 Å². The Hall–Kier alpha value is -0.740. The lowest BCUT2D eigenvalue weighted by Gasteiger charge is -2.09. The molecule has 0 radical (unpaired) electrons. The molecule has 3 N–H and O–H groups in total. The van der Waals surface area contributed by atoms with Gasteiger partial charge in [0.2, 0.25) is 5.91 Å². The van der Waals surface area contributed by atoms with Gasteiger partial charge in [0, 0.05) is 4.47 Å². The molecule has 0 unspecified atom stereocenters. The van der Waals surface area contributed by atoms with E-state index in [-0.39, 0.29) is 5.91 Å². The number of carbonyl (C=O) groups excluding carboxylic acids is 1. The minimum Gasteiger partial charge on any atom is -0.396 e. The summed E-state index contributed by atoms with van der Waals surface area (Å²) >= 11 is 8.87. The van der Waals surface area contributed by atoms with E-state index in [1.165, 1.54) is 0 Å². The molecule has 0 aliphatic heterocycles. The summed E-state index contributed by atoms with van der Waals surface area (Å²) in [6.45, 7) is 1.60. The Kier molecular flexibility index (Phi) is 3.77. The number of hydrogen-bond donors (Lipinski definition) is 2. The van der Waals surface area contributed by atoms with Crippen molar-refractivity contribution in [3.63, 3.8) is 0 Å². The number of carbonyl (C=O) groups is 1. The number of rotatable bonds is 2. The summed E-state index contributed by atoms with van der Waals surface area (Å²) in [6, 6.07) is 5.31. The number of benzene rings is 1. The van der Waals surface area contributed by atoms with Gasteiger partial charge in [0.15, 0.2) is 0 Å². The molecule has 1 atom stereocenters. The summed E-state index contributed by atoms with van der Waals surface area (Å²) in [5.74, 6) is -0.267. The van der Waals surface area contributed by atoms with Crippen LogP contribution < -0.4 is 11.1 Å². The number of amides is 1. The molecule has 0 fully saturated rings. The van der Waals surface area contributed by atoms with Gasteiger partial charge in [-0.05, 0) is 35.0 Å². The van der Waals surface area contributed by atoms with Gasteiger partial charge >= 0.3 is 0 Å². The molecule has 0 heterocycles. The Bertz CT molecular complexity index is 355. The molecule has 14 heavy (non-hydrogen) atoms. The van der Waals surface area contributed by atoms with E-state index >= 15 is 0 Å². The average Bonchev–Trinajstić information content (AvgIpc) is 2.12. The van der Waals surface area contributed by atoms with Gasteiger partial charge in [0.05, 0.1) is 11.4 Å². The molecule has 0 aliphatic rings. The number of para-hydroxylation sites is 1. The predicted molar refractivity (Wildman–Crippen MR) is 62.5 cm³/mol. The van der Waals surface area contributed by atoms with Crippen LogP contribution in [-0.4, -0.2) is 11.3 Å². The zero-order valence-corrected chi connectivity index (χ0v) is 9.89. The Morgan fingerprint density at radius 3 is 2.86 bits per heavy atom. The van der Waals surface area contributed by atoms with Crippen molar-refractivity contribution in [2.24, 2.45) is 0 Å². The molecule has 1 rings (SSSR count). The van der Waals surface area contributed by atoms with Gasteiger partial charge in [-0.2, -0.15) is 0 Å². The molecule has 5 heteroatoms. The van der Waals surface area contributed by atoms with Gasteiger partial charge in [0.1, 0.15) is 5.38 Å². The van der Waals surface area contributed by atoms with E-state index in [1.807, 2.05) is 0 Å². The van der Waals surface area contributed by atoms with Crippen LogP contribution in [0.15, 0.2) is 22.7 Å². The van der Waals surface area contributed by atoms with Gasteiger partial charge in [-0.25, -0.2) is 0 Å².